The molecule has 0 fully saturated rings. The van der Waals surface area contributed by atoms with E-state index in [1.165, 1.54) is 57.8 Å². The van der Waals surface area contributed by atoms with Crippen molar-refractivity contribution < 1.29 is 24.2 Å². The standard InChI is InChI=1S/C21H44N2O5/c1-2-3-4-5-6-7-8-9-10-11-13-25-15-17-27-19-20-28-18-16-26-14-12-21(22)23-24/h24H,2-20H2,1H3,(H2,22,23). The number of hydrogen-bond donors (Lipinski definition) is 2. The van der Waals surface area contributed by atoms with Gasteiger partial charge in [0.05, 0.1) is 46.2 Å². The summed E-state index contributed by atoms with van der Waals surface area (Å²) in [6.45, 7) is 6.87. The predicted octanol–water partition coefficient (Wildman–Crippen LogP) is 4.11. The largest absolute Gasteiger partial charge is 0.409 e. The van der Waals surface area contributed by atoms with Gasteiger partial charge in [-0.2, -0.15) is 0 Å². The van der Waals surface area contributed by atoms with Crippen LogP contribution in [0.3, 0.4) is 0 Å². The molecule has 7 nitrogen and oxygen atoms in total. The molecule has 0 rings (SSSR count). The molecule has 0 bridgehead atoms. The summed E-state index contributed by atoms with van der Waals surface area (Å²) in [4.78, 5) is 0. The van der Waals surface area contributed by atoms with Gasteiger partial charge in [-0.1, -0.05) is 69.9 Å². The van der Waals surface area contributed by atoms with Crippen LogP contribution < -0.4 is 5.73 Å². The van der Waals surface area contributed by atoms with E-state index in [2.05, 4.69) is 12.1 Å². The lowest BCUT2D eigenvalue weighted by Gasteiger charge is -2.07. The van der Waals surface area contributed by atoms with Crippen LogP contribution in [-0.4, -0.2) is 63.9 Å². The number of ether oxygens (including phenoxy) is 4. The second-order valence-corrected chi connectivity index (χ2v) is 6.97. The SMILES string of the molecule is CCCCCCCCCCCCOCCOCCOCCOCCC(N)=NO. The number of rotatable bonds is 23. The fourth-order valence-corrected chi connectivity index (χ4v) is 2.68. The smallest absolute Gasteiger partial charge is 0.141 e. The van der Waals surface area contributed by atoms with E-state index in [9.17, 15) is 0 Å². The first-order valence-electron chi connectivity index (χ1n) is 11.1. The molecule has 0 aliphatic heterocycles. The summed E-state index contributed by atoms with van der Waals surface area (Å²) in [7, 11) is 0. The van der Waals surface area contributed by atoms with E-state index in [1.54, 1.807) is 0 Å². The zero-order valence-corrected chi connectivity index (χ0v) is 18.0. The van der Waals surface area contributed by atoms with Crippen molar-refractivity contribution in [1.82, 2.24) is 0 Å². The van der Waals surface area contributed by atoms with Crippen molar-refractivity contribution in [1.29, 1.82) is 0 Å². The first-order chi connectivity index (χ1) is 13.8. The summed E-state index contributed by atoms with van der Waals surface area (Å²) in [6, 6.07) is 0. The van der Waals surface area contributed by atoms with Crippen LogP contribution in [0.2, 0.25) is 0 Å². The van der Waals surface area contributed by atoms with Crippen molar-refractivity contribution in [2.24, 2.45) is 10.9 Å². The lowest BCUT2D eigenvalue weighted by atomic mass is 10.1. The van der Waals surface area contributed by atoms with Gasteiger partial charge in [-0.15, -0.1) is 0 Å². The Balaban J connectivity index is 3.01. The Kier molecular flexibility index (Phi) is 23.4. The molecule has 28 heavy (non-hydrogen) atoms. The molecule has 0 heterocycles. The molecule has 0 aliphatic carbocycles. The summed E-state index contributed by atoms with van der Waals surface area (Å²) in [5.41, 5.74) is 5.32. The third-order valence-electron chi connectivity index (χ3n) is 4.39. The molecular formula is C21H44N2O5. The van der Waals surface area contributed by atoms with E-state index < -0.39 is 0 Å². The Labute approximate surface area is 171 Å². The van der Waals surface area contributed by atoms with Gasteiger partial charge in [0.25, 0.3) is 0 Å². The molecular weight excluding hydrogens is 360 g/mol. The maximum Gasteiger partial charge on any atom is 0.141 e. The van der Waals surface area contributed by atoms with Crippen LogP contribution in [0.15, 0.2) is 5.16 Å². The van der Waals surface area contributed by atoms with Crippen LogP contribution in [0.25, 0.3) is 0 Å². The van der Waals surface area contributed by atoms with E-state index >= 15 is 0 Å². The minimum absolute atomic E-state index is 0.171. The lowest BCUT2D eigenvalue weighted by molar-refractivity contribution is -0.00150. The van der Waals surface area contributed by atoms with Gasteiger partial charge < -0.3 is 29.9 Å². The predicted molar refractivity (Wildman–Crippen MR) is 113 cm³/mol. The Morgan fingerprint density at radius 1 is 0.607 bits per heavy atom. The van der Waals surface area contributed by atoms with Gasteiger partial charge in [-0.05, 0) is 6.42 Å². The second-order valence-electron chi connectivity index (χ2n) is 6.97. The minimum Gasteiger partial charge on any atom is -0.409 e. The highest BCUT2D eigenvalue weighted by atomic mass is 16.6. The van der Waals surface area contributed by atoms with Crippen LogP contribution in [0.4, 0.5) is 0 Å². The van der Waals surface area contributed by atoms with Gasteiger partial charge >= 0.3 is 0 Å². The number of nitrogens with zero attached hydrogens (tertiary/aromatic N) is 1. The lowest BCUT2D eigenvalue weighted by Crippen LogP contribution is -2.16. The van der Waals surface area contributed by atoms with Crippen LogP contribution in [0, 0.1) is 0 Å². The number of unbranched alkanes of at least 4 members (excludes halogenated alkanes) is 9. The van der Waals surface area contributed by atoms with Crippen LogP contribution in [0.1, 0.15) is 77.6 Å². The molecule has 0 atom stereocenters. The molecule has 0 spiro atoms. The van der Waals surface area contributed by atoms with E-state index in [0.717, 1.165) is 13.0 Å². The number of hydrogen-bond acceptors (Lipinski definition) is 6. The Morgan fingerprint density at radius 3 is 1.46 bits per heavy atom. The fraction of sp³-hybridized carbons (Fsp3) is 0.952. The molecule has 0 aromatic rings. The van der Waals surface area contributed by atoms with Gasteiger partial charge in [0.1, 0.15) is 5.84 Å². The normalized spacial score (nSPS) is 12.0. The monoisotopic (exact) mass is 404 g/mol. The van der Waals surface area contributed by atoms with Crippen molar-refractivity contribution in [2.75, 3.05) is 52.9 Å². The summed E-state index contributed by atoms with van der Waals surface area (Å²) in [5.74, 6) is 0.171. The Bertz CT molecular complexity index is 330. The van der Waals surface area contributed by atoms with E-state index in [1.807, 2.05) is 0 Å². The molecule has 0 unspecified atom stereocenters. The zero-order chi connectivity index (χ0) is 20.5. The van der Waals surface area contributed by atoms with Crippen LogP contribution in [-0.2, 0) is 18.9 Å². The average molecular weight is 405 g/mol. The van der Waals surface area contributed by atoms with Crippen molar-refractivity contribution in [3.05, 3.63) is 0 Å². The quantitative estimate of drug-likeness (QED) is 0.0875. The summed E-state index contributed by atoms with van der Waals surface area (Å²) >= 11 is 0. The highest BCUT2D eigenvalue weighted by Gasteiger charge is 1.96. The summed E-state index contributed by atoms with van der Waals surface area (Å²) in [5, 5.41) is 11.2. The molecule has 0 radical (unpaired) electrons. The molecule has 3 N–H and O–H groups in total. The maximum atomic E-state index is 8.37. The Morgan fingerprint density at radius 2 is 1.00 bits per heavy atom. The van der Waals surface area contributed by atoms with Crippen molar-refractivity contribution in [3.8, 4) is 0 Å². The number of oxime groups is 1. The molecule has 0 aromatic heterocycles. The Hall–Kier alpha value is -0.890. The van der Waals surface area contributed by atoms with E-state index in [4.69, 9.17) is 29.9 Å². The summed E-state index contributed by atoms with van der Waals surface area (Å²) in [6.07, 6.45) is 13.9. The third kappa shape index (κ3) is 23.1. The fourth-order valence-electron chi connectivity index (χ4n) is 2.68. The maximum absolute atomic E-state index is 8.37. The molecule has 7 heteroatoms. The number of nitrogens with two attached hydrogens (primary N) is 1. The third-order valence-corrected chi connectivity index (χ3v) is 4.39. The molecule has 0 aliphatic rings. The van der Waals surface area contributed by atoms with Crippen molar-refractivity contribution >= 4 is 5.84 Å². The molecule has 0 amide bonds. The average Bonchev–Trinajstić information content (AvgIpc) is 2.71. The van der Waals surface area contributed by atoms with E-state index in [0.29, 0.717) is 52.7 Å². The molecule has 0 aromatic carbocycles. The molecule has 168 valence electrons. The zero-order valence-electron chi connectivity index (χ0n) is 18.0. The number of amidine groups is 1. The van der Waals surface area contributed by atoms with Crippen LogP contribution >= 0.6 is 0 Å². The molecule has 0 saturated carbocycles. The molecule has 0 saturated heterocycles. The van der Waals surface area contributed by atoms with Crippen molar-refractivity contribution in [3.63, 3.8) is 0 Å². The van der Waals surface area contributed by atoms with Crippen LogP contribution in [0.5, 0.6) is 0 Å². The van der Waals surface area contributed by atoms with Gasteiger partial charge in [-0.3, -0.25) is 0 Å². The topological polar surface area (TPSA) is 95.5 Å². The highest BCUT2D eigenvalue weighted by Crippen LogP contribution is 2.10. The van der Waals surface area contributed by atoms with Gasteiger partial charge in [0.2, 0.25) is 0 Å². The first kappa shape index (κ1) is 27.1. The van der Waals surface area contributed by atoms with Gasteiger partial charge in [-0.25, -0.2) is 0 Å². The van der Waals surface area contributed by atoms with E-state index in [-0.39, 0.29) is 5.84 Å². The van der Waals surface area contributed by atoms with Gasteiger partial charge in [0.15, 0.2) is 0 Å². The second kappa shape index (κ2) is 24.1. The minimum atomic E-state index is 0.171. The first-order valence-corrected chi connectivity index (χ1v) is 11.1. The van der Waals surface area contributed by atoms with Gasteiger partial charge in [0, 0.05) is 13.0 Å². The summed E-state index contributed by atoms with van der Waals surface area (Å²) < 4.78 is 21.7. The highest BCUT2D eigenvalue weighted by molar-refractivity contribution is 5.79. The van der Waals surface area contributed by atoms with Crippen molar-refractivity contribution in [2.45, 2.75) is 77.6 Å².